The molecule has 0 saturated heterocycles. The van der Waals surface area contributed by atoms with Crippen LogP contribution < -0.4 is 11.0 Å². The van der Waals surface area contributed by atoms with E-state index in [1.807, 2.05) is 6.92 Å². The molecule has 9 heteroatoms. The first-order valence-corrected chi connectivity index (χ1v) is 8.32. The average molecular weight is 389 g/mol. The lowest BCUT2D eigenvalue weighted by molar-refractivity contribution is -0.113. The van der Waals surface area contributed by atoms with Gasteiger partial charge in [0, 0.05) is 11.0 Å². The number of anilines is 1. The van der Waals surface area contributed by atoms with Gasteiger partial charge in [-0.1, -0.05) is 34.6 Å². The molecule has 1 aromatic heterocycles. The standard InChI is InChI=1S/C13H14BrFN4O2S/c1-2-5-19-12(21)17-18-13(19)22-7-11(20)16-10-4-3-8(14)6-9(10)15/h3-4,6H,2,5,7H2,1H3,(H,16,20)(H,17,21). The van der Waals surface area contributed by atoms with Crippen LogP contribution in [0.2, 0.25) is 0 Å². The Labute approximate surface area is 138 Å². The molecule has 1 heterocycles. The van der Waals surface area contributed by atoms with Gasteiger partial charge in [-0.15, -0.1) is 5.10 Å². The zero-order valence-electron chi connectivity index (χ0n) is 11.7. The summed E-state index contributed by atoms with van der Waals surface area (Å²) in [4.78, 5) is 23.4. The van der Waals surface area contributed by atoms with Crippen LogP contribution in [0.1, 0.15) is 13.3 Å². The molecule has 0 aliphatic heterocycles. The van der Waals surface area contributed by atoms with Gasteiger partial charge < -0.3 is 5.32 Å². The molecule has 0 bridgehead atoms. The van der Waals surface area contributed by atoms with E-state index >= 15 is 0 Å². The molecule has 118 valence electrons. The number of rotatable bonds is 6. The molecule has 2 N–H and O–H groups in total. The highest BCUT2D eigenvalue weighted by Crippen LogP contribution is 2.20. The second-order valence-electron chi connectivity index (χ2n) is 4.42. The first-order valence-electron chi connectivity index (χ1n) is 6.54. The van der Waals surface area contributed by atoms with Crippen molar-refractivity contribution in [1.82, 2.24) is 14.8 Å². The number of halogens is 2. The summed E-state index contributed by atoms with van der Waals surface area (Å²) >= 11 is 4.27. The molecule has 0 atom stereocenters. The summed E-state index contributed by atoms with van der Waals surface area (Å²) in [5, 5.41) is 9.15. The minimum atomic E-state index is -0.518. The summed E-state index contributed by atoms with van der Waals surface area (Å²) in [5.74, 6) is -0.858. The van der Waals surface area contributed by atoms with Crippen molar-refractivity contribution in [3.05, 3.63) is 39.0 Å². The smallest absolute Gasteiger partial charge is 0.323 e. The Morgan fingerprint density at radius 2 is 2.32 bits per heavy atom. The number of carbonyl (C=O) groups is 1. The largest absolute Gasteiger partial charge is 0.343 e. The number of aromatic amines is 1. The van der Waals surface area contributed by atoms with Crippen LogP contribution in [-0.4, -0.2) is 26.4 Å². The molecule has 0 radical (unpaired) electrons. The van der Waals surface area contributed by atoms with Crippen molar-refractivity contribution in [3.8, 4) is 0 Å². The van der Waals surface area contributed by atoms with Crippen LogP contribution in [0.25, 0.3) is 0 Å². The van der Waals surface area contributed by atoms with Crippen molar-refractivity contribution >= 4 is 39.3 Å². The molecule has 0 unspecified atom stereocenters. The van der Waals surface area contributed by atoms with Gasteiger partial charge in [0.15, 0.2) is 5.16 Å². The lowest BCUT2D eigenvalue weighted by atomic mass is 10.3. The molecule has 22 heavy (non-hydrogen) atoms. The zero-order valence-corrected chi connectivity index (χ0v) is 14.1. The molecule has 0 aliphatic rings. The van der Waals surface area contributed by atoms with E-state index < -0.39 is 5.82 Å². The van der Waals surface area contributed by atoms with Crippen LogP contribution in [0, 0.1) is 5.82 Å². The summed E-state index contributed by atoms with van der Waals surface area (Å²) in [6, 6.07) is 4.39. The number of H-pyrrole nitrogens is 1. The van der Waals surface area contributed by atoms with Crippen molar-refractivity contribution in [2.24, 2.45) is 0 Å². The monoisotopic (exact) mass is 388 g/mol. The van der Waals surface area contributed by atoms with Crippen LogP contribution in [-0.2, 0) is 11.3 Å². The fourth-order valence-electron chi connectivity index (χ4n) is 1.74. The summed E-state index contributed by atoms with van der Waals surface area (Å²) in [5.41, 5.74) is -0.189. The van der Waals surface area contributed by atoms with Crippen molar-refractivity contribution in [1.29, 1.82) is 0 Å². The highest BCUT2D eigenvalue weighted by Gasteiger charge is 2.12. The molecule has 2 rings (SSSR count). The summed E-state index contributed by atoms with van der Waals surface area (Å²) in [6.07, 6.45) is 0.781. The number of amides is 1. The van der Waals surface area contributed by atoms with Crippen LogP contribution >= 0.6 is 27.7 Å². The summed E-state index contributed by atoms with van der Waals surface area (Å²) in [7, 11) is 0. The fraction of sp³-hybridized carbons (Fsp3) is 0.308. The molecule has 0 saturated carbocycles. The van der Waals surface area contributed by atoms with Gasteiger partial charge in [-0.2, -0.15) is 0 Å². The molecule has 1 amide bonds. The minimum absolute atomic E-state index is 0.0313. The van der Waals surface area contributed by atoms with E-state index in [9.17, 15) is 14.0 Å². The molecule has 0 aliphatic carbocycles. The highest BCUT2D eigenvalue weighted by atomic mass is 79.9. The molecule has 1 aromatic carbocycles. The summed E-state index contributed by atoms with van der Waals surface area (Å²) < 4.78 is 15.7. The minimum Gasteiger partial charge on any atom is -0.323 e. The maximum atomic E-state index is 13.6. The topological polar surface area (TPSA) is 79.8 Å². The molecule has 0 fully saturated rings. The Balaban J connectivity index is 1.97. The van der Waals surface area contributed by atoms with E-state index in [0.29, 0.717) is 16.2 Å². The van der Waals surface area contributed by atoms with E-state index in [4.69, 9.17) is 0 Å². The maximum Gasteiger partial charge on any atom is 0.343 e. The van der Waals surface area contributed by atoms with E-state index in [1.165, 1.54) is 16.7 Å². The quantitative estimate of drug-likeness (QED) is 0.745. The number of nitrogens with zero attached hydrogens (tertiary/aromatic N) is 2. The third-order valence-corrected chi connectivity index (χ3v) is 4.18. The van der Waals surface area contributed by atoms with Crippen molar-refractivity contribution < 1.29 is 9.18 Å². The number of carbonyl (C=O) groups excluding carboxylic acids is 1. The highest BCUT2D eigenvalue weighted by molar-refractivity contribution is 9.10. The van der Waals surface area contributed by atoms with Gasteiger partial charge in [-0.25, -0.2) is 14.3 Å². The Hall–Kier alpha value is -1.61. The van der Waals surface area contributed by atoms with Crippen LogP contribution in [0.5, 0.6) is 0 Å². The normalized spacial score (nSPS) is 10.7. The predicted octanol–water partition coefficient (Wildman–Crippen LogP) is 2.61. The van der Waals surface area contributed by atoms with Crippen LogP contribution in [0.3, 0.4) is 0 Å². The van der Waals surface area contributed by atoms with Crippen molar-refractivity contribution in [2.45, 2.75) is 25.0 Å². The van der Waals surface area contributed by atoms with Gasteiger partial charge in [-0.05, 0) is 24.6 Å². The van der Waals surface area contributed by atoms with E-state index in [-0.39, 0.29) is 23.0 Å². The second kappa shape index (κ2) is 7.59. The third kappa shape index (κ3) is 4.20. The van der Waals surface area contributed by atoms with Gasteiger partial charge in [-0.3, -0.25) is 9.36 Å². The second-order valence-corrected chi connectivity index (χ2v) is 6.28. The molecular formula is C13H14BrFN4O2S. The fourth-order valence-corrected chi connectivity index (χ4v) is 2.85. The number of thioether (sulfide) groups is 1. The van der Waals surface area contributed by atoms with Gasteiger partial charge in [0.1, 0.15) is 5.82 Å². The molecule has 6 nitrogen and oxygen atoms in total. The first-order chi connectivity index (χ1) is 10.5. The predicted molar refractivity (Wildman–Crippen MR) is 86.6 cm³/mol. The van der Waals surface area contributed by atoms with E-state index in [0.717, 1.165) is 18.2 Å². The Morgan fingerprint density at radius 3 is 3.00 bits per heavy atom. The van der Waals surface area contributed by atoms with E-state index in [2.05, 4.69) is 31.4 Å². The van der Waals surface area contributed by atoms with E-state index in [1.54, 1.807) is 6.07 Å². The number of hydrogen-bond donors (Lipinski definition) is 2. The molecule has 2 aromatic rings. The van der Waals surface area contributed by atoms with Crippen LogP contribution in [0.4, 0.5) is 10.1 Å². The Bertz CT molecular complexity index is 731. The SMILES string of the molecule is CCCn1c(SCC(=O)Nc2ccc(Br)cc2F)n[nH]c1=O. The molecule has 0 spiro atoms. The maximum absolute atomic E-state index is 13.6. The summed E-state index contributed by atoms with van der Waals surface area (Å²) in [6.45, 7) is 2.47. The number of hydrogen-bond acceptors (Lipinski definition) is 4. The van der Waals surface area contributed by atoms with Gasteiger partial charge >= 0.3 is 5.69 Å². The Morgan fingerprint density at radius 1 is 1.55 bits per heavy atom. The lowest BCUT2D eigenvalue weighted by Gasteiger charge is -2.07. The molecular weight excluding hydrogens is 375 g/mol. The first kappa shape index (κ1) is 16.8. The zero-order chi connectivity index (χ0) is 16.1. The Kier molecular flexibility index (Phi) is 5.78. The number of aromatic nitrogens is 3. The van der Waals surface area contributed by atoms with Crippen molar-refractivity contribution in [3.63, 3.8) is 0 Å². The third-order valence-electron chi connectivity index (χ3n) is 2.71. The average Bonchev–Trinajstić information content (AvgIpc) is 2.81. The van der Waals surface area contributed by atoms with Crippen LogP contribution in [0.15, 0.2) is 32.6 Å². The number of nitrogens with one attached hydrogen (secondary N) is 2. The lowest BCUT2D eigenvalue weighted by Crippen LogP contribution is -2.19. The van der Waals surface area contributed by atoms with Gasteiger partial charge in [0.2, 0.25) is 5.91 Å². The van der Waals surface area contributed by atoms with Crippen molar-refractivity contribution in [2.75, 3.05) is 11.1 Å². The van der Waals surface area contributed by atoms with Gasteiger partial charge in [0.25, 0.3) is 0 Å². The van der Waals surface area contributed by atoms with Gasteiger partial charge in [0.05, 0.1) is 11.4 Å². The number of benzene rings is 1.